The maximum Gasteiger partial charge on any atom is 0.129 e. The zero-order chi connectivity index (χ0) is 9.14. The first-order valence-corrected chi connectivity index (χ1v) is 3.46. The van der Waals surface area contributed by atoms with Crippen LogP contribution in [0.4, 0.5) is 8.78 Å². The van der Waals surface area contributed by atoms with E-state index in [0.717, 1.165) is 18.2 Å². The largest absolute Gasteiger partial charge is 0.377 e. The van der Waals surface area contributed by atoms with E-state index in [-0.39, 0.29) is 5.56 Å². The lowest BCUT2D eigenvalue weighted by atomic mass is 10.1. The fourth-order valence-corrected chi connectivity index (χ4v) is 0.888. The summed E-state index contributed by atoms with van der Waals surface area (Å²) in [6, 6.07) is 3.19. The van der Waals surface area contributed by atoms with Crippen LogP contribution >= 0.6 is 0 Å². The average molecular weight is 171 g/mol. The van der Waals surface area contributed by atoms with Gasteiger partial charge in [0.25, 0.3) is 0 Å². The van der Waals surface area contributed by atoms with Gasteiger partial charge in [-0.3, -0.25) is 0 Å². The molecule has 1 atom stereocenters. The Balaban J connectivity index is 3.04. The first-order valence-electron chi connectivity index (χ1n) is 3.46. The molecule has 3 heteroatoms. The van der Waals surface area contributed by atoms with Crippen LogP contribution in [-0.4, -0.2) is 7.11 Å². The molecule has 0 aliphatic rings. The lowest BCUT2D eigenvalue weighted by Crippen LogP contribution is -2.00. The molecule has 0 aliphatic heterocycles. The summed E-state index contributed by atoms with van der Waals surface area (Å²) in [6.07, 6.45) is -0.666. The van der Waals surface area contributed by atoms with E-state index in [1.165, 1.54) is 7.11 Å². The molecule has 0 saturated heterocycles. The third kappa shape index (κ3) is 1.80. The minimum absolute atomic E-state index is 0.137. The first-order chi connectivity index (χ1) is 5.65. The van der Waals surface area contributed by atoms with Gasteiger partial charge in [0.15, 0.2) is 0 Å². The molecule has 0 spiro atoms. The third-order valence-corrected chi connectivity index (χ3v) is 1.59. The van der Waals surface area contributed by atoms with Crippen molar-refractivity contribution in [1.29, 1.82) is 0 Å². The lowest BCUT2D eigenvalue weighted by Gasteiger charge is -2.09. The predicted octanol–water partition coefficient (Wildman–Crippen LogP) is 2.49. The molecule has 1 nitrogen and oxygen atoms in total. The molecule has 0 aliphatic carbocycles. The van der Waals surface area contributed by atoms with Crippen LogP contribution in [0.25, 0.3) is 0 Å². The Morgan fingerprint density at radius 2 is 2.08 bits per heavy atom. The van der Waals surface area contributed by atoms with Crippen molar-refractivity contribution in [2.45, 2.75) is 6.10 Å². The number of hydrogen-bond donors (Lipinski definition) is 0. The van der Waals surface area contributed by atoms with Crippen LogP contribution in [0, 0.1) is 18.6 Å². The second kappa shape index (κ2) is 3.63. The summed E-state index contributed by atoms with van der Waals surface area (Å²) in [6.45, 7) is 3.50. The van der Waals surface area contributed by atoms with E-state index in [0.29, 0.717) is 0 Å². The van der Waals surface area contributed by atoms with Gasteiger partial charge < -0.3 is 4.74 Å². The van der Waals surface area contributed by atoms with Crippen molar-refractivity contribution in [1.82, 2.24) is 0 Å². The molecule has 1 aromatic rings. The number of methoxy groups -OCH3 is 1. The molecule has 12 heavy (non-hydrogen) atoms. The molecule has 1 aromatic carbocycles. The number of hydrogen-bond acceptors (Lipinski definition) is 1. The van der Waals surface area contributed by atoms with Crippen LogP contribution < -0.4 is 0 Å². The molecule has 0 aromatic heterocycles. The highest BCUT2D eigenvalue weighted by Gasteiger charge is 2.10. The molecule has 0 saturated carbocycles. The molecule has 0 bridgehead atoms. The number of ether oxygens (including phenoxy) is 1. The minimum atomic E-state index is -0.666. The van der Waals surface area contributed by atoms with Crippen molar-refractivity contribution in [2.24, 2.45) is 0 Å². The minimum Gasteiger partial charge on any atom is -0.377 e. The molecule has 1 rings (SSSR count). The Kier molecular flexibility index (Phi) is 2.76. The van der Waals surface area contributed by atoms with Crippen LogP contribution in [-0.2, 0) is 4.74 Å². The van der Waals surface area contributed by atoms with Crippen molar-refractivity contribution in [3.63, 3.8) is 0 Å². The molecular weight excluding hydrogens is 162 g/mol. The normalized spacial score (nSPS) is 13.0. The molecule has 65 valence electrons. The second-order valence-corrected chi connectivity index (χ2v) is 2.39. The number of rotatable bonds is 2. The molecule has 0 heterocycles. The highest BCUT2D eigenvalue weighted by molar-refractivity contribution is 5.21. The second-order valence-electron chi connectivity index (χ2n) is 2.39. The van der Waals surface area contributed by atoms with Gasteiger partial charge in [-0.15, -0.1) is 0 Å². The first kappa shape index (κ1) is 9.13. The Hall–Kier alpha value is -0.960. The van der Waals surface area contributed by atoms with Gasteiger partial charge in [-0.1, -0.05) is 0 Å². The van der Waals surface area contributed by atoms with Crippen LogP contribution in [0.3, 0.4) is 0 Å². The van der Waals surface area contributed by atoms with E-state index >= 15 is 0 Å². The van der Waals surface area contributed by atoms with E-state index in [2.05, 4.69) is 6.92 Å². The van der Waals surface area contributed by atoms with E-state index in [4.69, 9.17) is 4.74 Å². The van der Waals surface area contributed by atoms with Crippen molar-refractivity contribution in [3.05, 3.63) is 42.3 Å². The monoisotopic (exact) mass is 171 g/mol. The Labute approximate surface area is 70.0 Å². The maximum absolute atomic E-state index is 12.9. The van der Waals surface area contributed by atoms with Gasteiger partial charge in [0.1, 0.15) is 11.6 Å². The smallest absolute Gasteiger partial charge is 0.129 e. The van der Waals surface area contributed by atoms with Crippen molar-refractivity contribution >= 4 is 0 Å². The van der Waals surface area contributed by atoms with Gasteiger partial charge in [-0.05, 0) is 25.1 Å². The van der Waals surface area contributed by atoms with Gasteiger partial charge in [0.05, 0.1) is 6.10 Å². The molecule has 0 N–H and O–H groups in total. The summed E-state index contributed by atoms with van der Waals surface area (Å²) >= 11 is 0. The Morgan fingerprint density at radius 3 is 2.67 bits per heavy atom. The Bertz CT molecular complexity index is 273. The SMILES string of the molecule is [CH2]C(OC)c1cc(F)ccc1F. The van der Waals surface area contributed by atoms with Crippen molar-refractivity contribution in [2.75, 3.05) is 7.11 Å². The summed E-state index contributed by atoms with van der Waals surface area (Å²) in [5.74, 6) is -0.990. The Morgan fingerprint density at radius 1 is 1.42 bits per heavy atom. The van der Waals surface area contributed by atoms with Gasteiger partial charge >= 0.3 is 0 Å². The van der Waals surface area contributed by atoms with Gasteiger partial charge in [-0.25, -0.2) is 8.78 Å². The molecule has 0 amide bonds. The third-order valence-electron chi connectivity index (χ3n) is 1.59. The standard InChI is InChI=1S/C9H9F2O/c1-6(12-2)8-5-7(10)3-4-9(8)11/h3-6H,1H2,2H3. The average Bonchev–Trinajstić information content (AvgIpc) is 2.08. The van der Waals surface area contributed by atoms with Gasteiger partial charge in [0, 0.05) is 12.7 Å². The summed E-state index contributed by atoms with van der Waals surface area (Å²) < 4.78 is 30.3. The topological polar surface area (TPSA) is 9.23 Å². The lowest BCUT2D eigenvalue weighted by molar-refractivity contribution is 0.137. The quantitative estimate of drug-likeness (QED) is 0.664. The van der Waals surface area contributed by atoms with E-state index in [1.807, 2.05) is 0 Å². The zero-order valence-corrected chi connectivity index (χ0v) is 6.68. The molecular formula is C9H9F2O. The van der Waals surface area contributed by atoms with Crippen LogP contribution in [0.5, 0.6) is 0 Å². The summed E-state index contributed by atoms with van der Waals surface area (Å²) in [5.41, 5.74) is 0.137. The fraction of sp³-hybridized carbons (Fsp3) is 0.222. The van der Waals surface area contributed by atoms with Crippen molar-refractivity contribution in [3.8, 4) is 0 Å². The number of halogens is 2. The maximum atomic E-state index is 12.9. The predicted molar refractivity (Wildman–Crippen MR) is 41.5 cm³/mol. The van der Waals surface area contributed by atoms with Crippen LogP contribution in [0.2, 0.25) is 0 Å². The molecule has 1 radical (unpaired) electrons. The molecule has 0 fully saturated rings. The van der Waals surface area contributed by atoms with Crippen molar-refractivity contribution < 1.29 is 13.5 Å². The zero-order valence-electron chi connectivity index (χ0n) is 6.68. The van der Waals surface area contributed by atoms with Crippen LogP contribution in [0.15, 0.2) is 18.2 Å². The van der Waals surface area contributed by atoms with Gasteiger partial charge in [0.2, 0.25) is 0 Å². The fourth-order valence-electron chi connectivity index (χ4n) is 0.888. The van der Waals surface area contributed by atoms with Gasteiger partial charge in [-0.2, -0.15) is 0 Å². The highest BCUT2D eigenvalue weighted by atomic mass is 19.1. The summed E-state index contributed by atoms with van der Waals surface area (Å²) in [5, 5.41) is 0. The van der Waals surface area contributed by atoms with Crippen LogP contribution in [0.1, 0.15) is 11.7 Å². The number of benzene rings is 1. The highest BCUT2D eigenvalue weighted by Crippen LogP contribution is 2.19. The summed E-state index contributed by atoms with van der Waals surface area (Å²) in [7, 11) is 1.39. The van der Waals surface area contributed by atoms with E-state index in [9.17, 15) is 8.78 Å². The molecule has 1 unspecified atom stereocenters. The van der Waals surface area contributed by atoms with E-state index in [1.54, 1.807) is 0 Å². The van der Waals surface area contributed by atoms with E-state index < -0.39 is 17.7 Å². The summed E-state index contributed by atoms with van der Waals surface area (Å²) in [4.78, 5) is 0.